The molecule has 0 aromatic heterocycles. The minimum Gasteiger partial charge on any atom is -0.495 e. The highest BCUT2D eigenvalue weighted by molar-refractivity contribution is 6.18. The van der Waals surface area contributed by atoms with Crippen LogP contribution < -0.4 is 4.74 Å². The molecular formula is C10H8ClNO3. The van der Waals surface area contributed by atoms with Crippen LogP contribution in [0.1, 0.15) is 21.5 Å². The molecule has 0 saturated carbocycles. The van der Waals surface area contributed by atoms with Gasteiger partial charge in [-0.3, -0.25) is 0 Å². The lowest BCUT2D eigenvalue weighted by atomic mass is 10.0. The van der Waals surface area contributed by atoms with Crippen LogP contribution in [0.25, 0.3) is 0 Å². The van der Waals surface area contributed by atoms with Gasteiger partial charge in [0.1, 0.15) is 11.8 Å². The van der Waals surface area contributed by atoms with Crippen molar-refractivity contribution in [3.63, 3.8) is 0 Å². The number of carbonyl (C=O) groups is 1. The Balaban J connectivity index is 3.49. The van der Waals surface area contributed by atoms with Crippen LogP contribution >= 0.6 is 11.6 Å². The average Bonchev–Trinajstić information content (AvgIpc) is 2.26. The van der Waals surface area contributed by atoms with Crippen molar-refractivity contribution in [1.29, 1.82) is 5.26 Å². The van der Waals surface area contributed by atoms with Crippen LogP contribution in [0.4, 0.5) is 0 Å². The molecule has 78 valence electrons. The van der Waals surface area contributed by atoms with E-state index in [1.54, 1.807) is 0 Å². The molecule has 1 aromatic carbocycles. The molecule has 0 bridgehead atoms. The second-order valence-corrected chi connectivity index (χ2v) is 2.99. The highest BCUT2D eigenvalue weighted by Gasteiger charge is 2.17. The highest BCUT2D eigenvalue weighted by atomic mass is 35.5. The van der Waals surface area contributed by atoms with E-state index >= 15 is 0 Å². The normalized spacial score (nSPS) is 9.40. The Morgan fingerprint density at radius 1 is 1.67 bits per heavy atom. The van der Waals surface area contributed by atoms with Gasteiger partial charge in [0.05, 0.1) is 24.1 Å². The molecule has 0 atom stereocenters. The third kappa shape index (κ3) is 2.03. The second kappa shape index (κ2) is 4.67. The molecule has 0 fully saturated rings. The summed E-state index contributed by atoms with van der Waals surface area (Å²) >= 11 is 5.64. The van der Waals surface area contributed by atoms with Crippen molar-refractivity contribution < 1.29 is 14.6 Å². The Kier molecular flexibility index (Phi) is 3.53. The van der Waals surface area contributed by atoms with E-state index in [4.69, 9.17) is 26.7 Å². The molecule has 0 aliphatic rings. The summed E-state index contributed by atoms with van der Waals surface area (Å²) in [5, 5.41) is 17.7. The van der Waals surface area contributed by atoms with Crippen molar-refractivity contribution in [3.8, 4) is 11.8 Å². The number of carboxylic acids is 1. The molecule has 0 aliphatic carbocycles. The number of carboxylic acid groups (broad SMARTS) is 1. The summed E-state index contributed by atoms with van der Waals surface area (Å²) in [6, 6.07) is 4.66. The minimum absolute atomic E-state index is 0.0136. The number of nitrogens with zero attached hydrogens (tertiary/aromatic N) is 1. The molecule has 0 aliphatic heterocycles. The second-order valence-electron chi connectivity index (χ2n) is 2.72. The van der Waals surface area contributed by atoms with E-state index in [0.29, 0.717) is 5.56 Å². The van der Waals surface area contributed by atoms with Gasteiger partial charge in [-0.1, -0.05) is 0 Å². The summed E-state index contributed by atoms with van der Waals surface area (Å²) < 4.78 is 4.98. The lowest BCUT2D eigenvalue weighted by molar-refractivity contribution is 0.0695. The molecule has 0 amide bonds. The van der Waals surface area contributed by atoms with Crippen molar-refractivity contribution in [2.24, 2.45) is 0 Å². The molecule has 15 heavy (non-hydrogen) atoms. The third-order valence-corrected chi connectivity index (χ3v) is 2.22. The van der Waals surface area contributed by atoms with Crippen molar-refractivity contribution in [3.05, 3.63) is 28.8 Å². The van der Waals surface area contributed by atoms with E-state index in [9.17, 15) is 4.79 Å². The van der Waals surface area contributed by atoms with Gasteiger partial charge in [-0.15, -0.1) is 11.6 Å². The van der Waals surface area contributed by atoms with Crippen LogP contribution in [-0.4, -0.2) is 18.2 Å². The van der Waals surface area contributed by atoms with Gasteiger partial charge in [0, 0.05) is 5.56 Å². The Morgan fingerprint density at radius 2 is 2.33 bits per heavy atom. The van der Waals surface area contributed by atoms with Gasteiger partial charge in [0.2, 0.25) is 0 Å². The molecule has 0 spiro atoms. The molecule has 1 rings (SSSR count). The predicted octanol–water partition coefficient (Wildman–Crippen LogP) is 2.00. The highest BCUT2D eigenvalue weighted by Crippen LogP contribution is 2.28. The molecular weight excluding hydrogens is 218 g/mol. The van der Waals surface area contributed by atoms with Crippen LogP contribution in [0, 0.1) is 11.3 Å². The van der Waals surface area contributed by atoms with Gasteiger partial charge in [-0.2, -0.15) is 5.26 Å². The van der Waals surface area contributed by atoms with Crippen molar-refractivity contribution in [1.82, 2.24) is 0 Å². The summed E-state index contributed by atoms with van der Waals surface area (Å²) in [6.07, 6.45) is 0. The Bertz CT molecular complexity index is 437. The van der Waals surface area contributed by atoms with Gasteiger partial charge < -0.3 is 9.84 Å². The van der Waals surface area contributed by atoms with Crippen molar-refractivity contribution >= 4 is 17.6 Å². The first-order chi connectivity index (χ1) is 7.15. The van der Waals surface area contributed by atoms with E-state index in [1.807, 2.05) is 6.07 Å². The predicted molar refractivity (Wildman–Crippen MR) is 54.2 cm³/mol. The van der Waals surface area contributed by atoms with Gasteiger partial charge >= 0.3 is 5.97 Å². The molecule has 1 N–H and O–H groups in total. The zero-order chi connectivity index (χ0) is 11.4. The number of hydrogen-bond acceptors (Lipinski definition) is 3. The zero-order valence-electron chi connectivity index (χ0n) is 7.95. The fourth-order valence-electron chi connectivity index (χ4n) is 1.28. The first kappa shape index (κ1) is 11.3. The van der Waals surface area contributed by atoms with Gasteiger partial charge in [-0.05, 0) is 12.1 Å². The zero-order valence-corrected chi connectivity index (χ0v) is 8.71. The molecule has 0 unspecified atom stereocenters. The maximum atomic E-state index is 10.9. The van der Waals surface area contributed by atoms with Gasteiger partial charge in [-0.25, -0.2) is 4.79 Å². The quantitative estimate of drug-likeness (QED) is 0.799. The number of hydrogen-bond donors (Lipinski definition) is 1. The van der Waals surface area contributed by atoms with E-state index in [1.165, 1.54) is 19.2 Å². The van der Waals surface area contributed by atoms with Crippen molar-refractivity contribution in [2.75, 3.05) is 7.11 Å². The Hall–Kier alpha value is -1.73. The number of benzene rings is 1. The summed E-state index contributed by atoms with van der Waals surface area (Å²) in [5.41, 5.74) is 0.657. The Morgan fingerprint density at radius 3 is 2.73 bits per heavy atom. The van der Waals surface area contributed by atoms with Crippen LogP contribution in [0.3, 0.4) is 0 Å². The number of methoxy groups -OCH3 is 1. The number of halogens is 1. The maximum absolute atomic E-state index is 10.9. The minimum atomic E-state index is -1.09. The smallest absolute Gasteiger partial charge is 0.336 e. The molecule has 1 aromatic rings. The van der Waals surface area contributed by atoms with E-state index < -0.39 is 5.97 Å². The standard InChI is InChI=1S/C10H8ClNO3/c1-15-9-6(5-12)2-3-7(10(13)14)8(9)4-11/h2-3H,4H2,1H3,(H,13,14). The maximum Gasteiger partial charge on any atom is 0.336 e. The van der Waals surface area contributed by atoms with E-state index in [0.717, 1.165) is 0 Å². The van der Waals surface area contributed by atoms with Crippen LogP contribution in [0.2, 0.25) is 0 Å². The fourth-order valence-corrected chi connectivity index (χ4v) is 1.55. The molecule has 5 heteroatoms. The first-order valence-corrected chi connectivity index (χ1v) is 4.58. The number of alkyl halides is 1. The molecule has 4 nitrogen and oxygen atoms in total. The topological polar surface area (TPSA) is 70.3 Å². The molecule has 0 heterocycles. The third-order valence-electron chi connectivity index (χ3n) is 1.95. The number of ether oxygens (including phenoxy) is 1. The van der Waals surface area contributed by atoms with Gasteiger partial charge in [0.25, 0.3) is 0 Å². The monoisotopic (exact) mass is 225 g/mol. The fraction of sp³-hybridized carbons (Fsp3) is 0.200. The number of aromatic carboxylic acids is 1. The van der Waals surface area contributed by atoms with Gasteiger partial charge in [0.15, 0.2) is 0 Å². The summed E-state index contributed by atoms with van der Waals surface area (Å²) in [4.78, 5) is 10.9. The largest absolute Gasteiger partial charge is 0.495 e. The summed E-state index contributed by atoms with van der Waals surface area (Å²) in [7, 11) is 1.37. The summed E-state index contributed by atoms with van der Waals surface area (Å²) in [6.45, 7) is 0. The number of rotatable bonds is 3. The van der Waals surface area contributed by atoms with E-state index in [2.05, 4.69) is 0 Å². The van der Waals surface area contributed by atoms with Crippen LogP contribution in [-0.2, 0) is 5.88 Å². The lowest BCUT2D eigenvalue weighted by Crippen LogP contribution is -2.04. The molecule has 0 saturated heterocycles. The molecule has 0 radical (unpaired) electrons. The van der Waals surface area contributed by atoms with Crippen LogP contribution in [0.5, 0.6) is 5.75 Å². The van der Waals surface area contributed by atoms with Crippen molar-refractivity contribution in [2.45, 2.75) is 5.88 Å². The van der Waals surface area contributed by atoms with Crippen LogP contribution in [0.15, 0.2) is 12.1 Å². The SMILES string of the molecule is COc1c(C#N)ccc(C(=O)O)c1CCl. The first-order valence-electron chi connectivity index (χ1n) is 4.05. The number of nitriles is 1. The Labute approximate surface area is 91.7 Å². The average molecular weight is 226 g/mol. The van der Waals surface area contributed by atoms with E-state index in [-0.39, 0.29) is 22.8 Å². The summed E-state index contributed by atoms with van der Waals surface area (Å²) in [5.74, 6) is -0.874. The lowest BCUT2D eigenvalue weighted by Gasteiger charge is -2.10.